The van der Waals surface area contributed by atoms with Crippen molar-refractivity contribution in [2.75, 3.05) is 5.32 Å². The zero-order valence-corrected chi connectivity index (χ0v) is 14.1. The molecule has 0 amide bonds. The summed E-state index contributed by atoms with van der Waals surface area (Å²) in [6, 6.07) is 16.2. The van der Waals surface area contributed by atoms with Crippen molar-refractivity contribution < 1.29 is 0 Å². The van der Waals surface area contributed by atoms with Gasteiger partial charge in [-0.2, -0.15) is 10.2 Å². The summed E-state index contributed by atoms with van der Waals surface area (Å²) >= 11 is 0. The minimum atomic E-state index is 0.0154. The molecule has 5 nitrogen and oxygen atoms in total. The van der Waals surface area contributed by atoms with E-state index in [4.69, 9.17) is 0 Å². The van der Waals surface area contributed by atoms with E-state index in [1.807, 2.05) is 47.9 Å². The molecule has 0 unspecified atom stereocenters. The SMILES string of the molecule is Cc1c(C#N)cccc1[C@@H](C)Nc1nc2nccn2c2ccccc12. The molecular formula is C20H17N5. The van der Waals surface area contributed by atoms with Crippen molar-refractivity contribution in [1.29, 1.82) is 5.26 Å². The van der Waals surface area contributed by atoms with Crippen LogP contribution in [0, 0.1) is 18.3 Å². The lowest BCUT2D eigenvalue weighted by Crippen LogP contribution is -2.11. The Morgan fingerprint density at radius 2 is 2.00 bits per heavy atom. The molecule has 2 aromatic heterocycles. The van der Waals surface area contributed by atoms with Crippen LogP contribution in [-0.4, -0.2) is 14.4 Å². The van der Waals surface area contributed by atoms with E-state index in [0.717, 1.165) is 27.8 Å². The Morgan fingerprint density at radius 1 is 1.16 bits per heavy atom. The molecule has 0 aliphatic rings. The minimum absolute atomic E-state index is 0.0154. The van der Waals surface area contributed by atoms with Gasteiger partial charge in [-0.1, -0.05) is 24.3 Å². The molecule has 4 rings (SSSR count). The molecule has 4 aromatic rings. The summed E-state index contributed by atoms with van der Waals surface area (Å²) in [6.45, 7) is 4.06. The highest BCUT2D eigenvalue weighted by Crippen LogP contribution is 2.28. The Bertz CT molecular complexity index is 1120. The van der Waals surface area contributed by atoms with Gasteiger partial charge in [-0.05, 0) is 43.2 Å². The molecule has 0 bridgehead atoms. The Morgan fingerprint density at radius 3 is 2.84 bits per heavy atom. The van der Waals surface area contributed by atoms with E-state index in [1.165, 1.54) is 0 Å². The normalized spacial score (nSPS) is 12.2. The number of anilines is 1. The number of nitrogens with zero attached hydrogens (tertiary/aromatic N) is 4. The summed E-state index contributed by atoms with van der Waals surface area (Å²) < 4.78 is 1.98. The van der Waals surface area contributed by atoms with Gasteiger partial charge in [0.15, 0.2) is 0 Å². The number of benzene rings is 2. The van der Waals surface area contributed by atoms with Gasteiger partial charge >= 0.3 is 0 Å². The average molecular weight is 327 g/mol. The van der Waals surface area contributed by atoms with Crippen LogP contribution in [0.4, 0.5) is 5.82 Å². The molecule has 5 heteroatoms. The van der Waals surface area contributed by atoms with Gasteiger partial charge in [0.2, 0.25) is 5.78 Å². The summed E-state index contributed by atoms with van der Waals surface area (Å²) in [5.41, 5.74) is 3.85. The Balaban J connectivity index is 1.81. The lowest BCUT2D eigenvalue weighted by Gasteiger charge is -2.19. The molecule has 0 aliphatic carbocycles. The quantitative estimate of drug-likeness (QED) is 0.611. The zero-order valence-electron chi connectivity index (χ0n) is 14.1. The minimum Gasteiger partial charge on any atom is -0.363 e. The average Bonchev–Trinajstić information content (AvgIpc) is 3.10. The fourth-order valence-corrected chi connectivity index (χ4v) is 3.25. The van der Waals surface area contributed by atoms with E-state index in [0.29, 0.717) is 11.3 Å². The lowest BCUT2D eigenvalue weighted by molar-refractivity contribution is 0.865. The van der Waals surface area contributed by atoms with Gasteiger partial charge in [0, 0.05) is 17.8 Å². The molecule has 2 aromatic carbocycles. The molecular weight excluding hydrogens is 310 g/mol. The van der Waals surface area contributed by atoms with Crippen LogP contribution in [0.1, 0.15) is 29.7 Å². The highest BCUT2D eigenvalue weighted by molar-refractivity contribution is 5.91. The van der Waals surface area contributed by atoms with Crippen molar-refractivity contribution in [2.24, 2.45) is 0 Å². The largest absolute Gasteiger partial charge is 0.363 e. The monoisotopic (exact) mass is 327 g/mol. The van der Waals surface area contributed by atoms with Crippen molar-refractivity contribution >= 4 is 22.5 Å². The van der Waals surface area contributed by atoms with E-state index in [9.17, 15) is 5.26 Å². The molecule has 0 saturated heterocycles. The molecule has 0 radical (unpaired) electrons. The molecule has 122 valence electrons. The van der Waals surface area contributed by atoms with Gasteiger partial charge in [0.25, 0.3) is 0 Å². The number of nitrogens with one attached hydrogen (secondary N) is 1. The molecule has 0 fully saturated rings. The third kappa shape index (κ3) is 2.48. The maximum absolute atomic E-state index is 9.26. The number of hydrogen-bond acceptors (Lipinski definition) is 4. The highest BCUT2D eigenvalue weighted by atomic mass is 15.1. The van der Waals surface area contributed by atoms with E-state index < -0.39 is 0 Å². The van der Waals surface area contributed by atoms with Crippen LogP contribution >= 0.6 is 0 Å². The summed E-state index contributed by atoms with van der Waals surface area (Å²) in [7, 11) is 0. The second-order valence-corrected chi connectivity index (χ2v) is 6.07. The van der Waals surface area contributed by atoms with E-state index >= 15 is 0 Å². The second kappa shape index (κ2) is 5.91. The smallest absolute Gasteiger partial charge is 0.236 e. The van der Waals surface area contributed by atoms with Crippen molar-refractivity contribution in [3.05, 3.63) is 71.5 Å². The number of nitriles is 1. The first kappa shape index (κ1) is 15.2. The van der Waals surface area contributed by atoms with Crippen LogP contribution in [-0.2, 0) is 0 Å². The summed E-state index contributed by atoms with van der Waals surface area (Å²) in [5.74, 6) is 1.46. The van der Waals surface area contributed by atoms with Gasteiger partial charge in [-0.3, -0.25) is 4.40 Å². The Hall–Kier alpha value is -3.39. The van der Waals surface area contributed by atoms with Crippen LogP contribution in [0.5, 0.6) is 0 Å². The summed E-state index contributed by atoms with van der Waals surface area (Å²) in [6.07, 6.45) is 3.67. The van der Waals surface area contributed by atoms with E-state index in [1.54, 1.807) is 6.20 Å². The number of imidazole rings is 1. The first-order chi connectivity index (χ1) is 12.2. The van der Waals surface area contributed by atoms with Crippen LogP contribution in [0.2, 0.25) is 0 Å². The Kier molecular flexibility index (Phi) is 3.58. The molecule has 1 atom stereocenters. The molecule has 0 aliphatic heterocycles. The molecule has 0 saturated carbocycles. The standard InChI is InChI=1S/C20H17N5/c1-13-15(12-21)6-5-8-16(13)14(2)23-19-17-7-3-4-9-18(17)25-11-10-22-20(25)24-19/h3-11,14H,1-2H3,(H,22,23,24)/t14-/m1/s1. The van der Waals surface area contributed by atoms with Crippen molar-refractivity contribution in [2.45, 2.75) is 19.9 Å². The van der Waals surface area contributed by atoms with E-state index in [2.05, 4.69) is 40.4 Å². The van der Waals surface area contributed by atoms with Gasteiger partial charge in [-0.15, -0.1) is 0 Å². The Labute approximate surface area is 145 Å². The first-order valence-corrected chi connectivity index (χ1v) is 8.17. The summed E-state index contributed by atoms with van der Waals surface area (Å²) in [5, 5.41) is 13.8. The zero-order chi connectivity index (χ0) is 17.4. The maximum atomic E-state index is 9.26. The number of aromatic nitrogens is 3. The number of hydrogen-bond donors (Lipinski definition) is 1. The van der Waals surface area contributed by atoms with Crippen LogP contribution < -0.4 is 5.32 Å². The fourth-order valence-electron chi connectivity index (χ4n) is 3.25. The van der Waals surface area contributed by atoms with Gasteiger partial charge in [-0.25, -0.2) is 4.98 Å². The third-order valence-electron chi connectivity index (χ3n) is 4.57. The third-order valence-corrected chi connectivity index (χ3v) is 4.57. The summed E-state index contributed by atoms with van der Waals surface area (Å²) in [4.78, 5) is 9.00. The molecule has 0 spiro atoms. The molecule has 2 heterocycles. The number of fused-ring (bicyclic) bond motifs is 3. The van der Waals surface area contributed by atoms with Gasteiger partial charge in [0.1, 0.15) is 5.82 Å². The topological polar surface area (TPSA) is 66.0 Å². The lowest BCUT2D eigenvalue weighted by atomic mass is 9.98. The van der Waals surface area contributed by atoms with Crippen molar-refractivity contribution in [1.82, 2.24) is 14.4 Å². The predicted molar refractivity (Wildman–Crippen MR) is 98.4 cm³/mol. The fraction of sp³-hybridized carbons (Fsp3) is 0.150. The molecule has 25 heavy (non-hydrogen) atoms. The number of rotatable bonds is 3. The maximum Gasteiger partial charge on any atom is 0.236 e. The van der Waals surface area contributed by atoms with Crippen molar-refractivity contribution in [3.8, 4) is 6.07 Å². The predicted octanol–water partition coefficient (Wildman–Crippen LogP) is 4.24. The highest BCUT2D eigenvalue weighted by Gasteiger charge is 2.14. The van der Waals surface area contributed by atoms with Crippen LogP contribution in [0.15, 0.2) is 54.9 Å². The van der Waals surface area contributed by atoms with E-state index in [-0.39, 0.29) is 6.04 Å². The first-order valence-electron chi connectivity index (χ1n) is 8.17. The second-order valence-electron chi connectivity index (χ2n) is 6.07. The molecule has 1 N–H and O–H groups in total. The van der Waals surface area contributed by atoms with Crippen molar-refractivity contribution in [3.63, 3.8) is 0 Å². The van der Waals surface area contributed by atoms with Gasteiger partial charge in [0.05, 0.1) is 23.2 Å². The van der Waals surface area contributed by atoms with Gasteiger partial charge < -0.3 is 5.32 Å². The van der Waals surface area contributed by atoms with Crippen LogP contribution in [0.3, 0.4) is 0 Å². The number of para-hydroxylation sites is 1. The van der Waals surface area contributed by atoms with Crippen LogP contribution in [0.25, 0.3) is 16.7 Å².